The molecule has 2 aromatic rings. The van der Waals surface area contributed by atoms with Gasteiger partial charge in [-0.1, -0.05) is 6.07 Å². The fourth-order valence-electron chi connectivity index (χ4n) is 1.47. The maximum Gasteiger partial charge on any atom is 0.128 e. The van der Waals surface area contributed by atoms with Crippen LogP contribution in [0.15, 0.2) is 36.5 Å². The number of nitrogens with zero attached hydrogens (tertiary/aromatic N) is 1. The molecule has 0 radical (unpaired) electrons. The zero-order valence-corrected chi connectivity index (χ0v) is 8.52. The Morgan fingerprint density at radius 1 is 1.20 bits per heavy atom. The van der Waals surface area contributed by atoms with Gasteiger partial charge in [0, 0.05) is 11.6 Å². The first-order chi connectivity index (χ1) is 7.42. The molecule has 0 fully saturated rings. The minimum atomic E-state index is 0.656. The highest BCUT2D eigenvalue weighted by atomic mass is 16.5. The van der Waals surface area contributed by atoms with Gasteiger partial charge in [0.2, 0.25) is 0 Å². The monoisotopic (exact) mass is 202 g/mol. The molecule has 1 aromatic heterocycles. The van der Waals surface area contributed by atoms with Crippen LogP contribution in [0.2, 0.25) is 0 Å². The van der Waals surface area contributed by atoms with Crippen LogP contribution in [0, 0.1) is 0 Å². The van der Waals surface area contributed by atoms with Gasteiger partial charge < -0.3 is 10.5 Å². The molecule has 0 aliphatic rings. The summed E-state index contributed by atoms with van der Waals surface area (Å²) < 4.78 is 5.64. The van der Waals surface area contributed by atoms with Gasteiger partial charge in [0.05, 0.1) is 12.1 Å². The number of aromatic nitrogens is 1. The van der Waals surface area contributed by atoms with Gasteiger partial charge >= 0.3 is 0 Å². The number of pyridine rings is 1. The summed E-state index contributed by atoms with van der Waals surface area (Å²) in [6.07, 6.45) is 2.66. The summed E-state index contributed by atoms with van der Waals surface area (Å²) >= 11 is 0. The molecule has 0 atom stereocenters. The van der Waals surface area contributed by atoms with Crippen LogP contribution >= 0.6 is 0 Å². The lowest BCUT2D eigenvalue weighted by Crippen LogP contribution is -2.06. The van der Waals surface area contributed by atoms with Crippen LogP contribution in [-0.2, 0) is 0 Å². The minimum absolute atomic E-state index is 0.656. The smallest absolute Gasteiger partial charge is 0.128 e. The molecule has 0 spiro atoms. The molecule has 0 saturated carbocycles. The summed E-state index contributed by atoms with van der Waals surface area (Å²) in [5, 5.41) is 1.05. The molecule has 3 heteroatoms. The average molecular weight is 202 g/mol. The molecule has 1 aromatic carbocycles. The fourth-order valence-corrected chi connectivity index (χ4v) is 1.47. The molecular formula is C12H14N2O. The molecule has 2 rings (SSSR count). The Morgan fingerprint density at radius 2 is 2.13 bits per heavy atom. The Morgan fingerprint density at radius 3 is 3.00 bits per heavy atom. The Balaban J connectivity index is 2.26. The molecule has 0 bridgehead atoms. The van der Waals surface area contributed by atoms with Crippen LogP contribution < -0.4 is 10.5 Å². The van der Waals surface area contributed by atoms with Crippen molar-refractivity contribution in [2.24, 2.45) is 5.73 Å². The minimum Gasteiger partial charge on any atom is -0.493 e. The van der Waals surface area contributed by atoms with Crippen molar-refractivity contribution < 1.29 is 4.74 Å². The van der Waals surface area contributed by atoms with E-state index in [9.17, 15) is 0 Å². The van der Waals surface area contributed by atoms with Crippen LogP contribution in [0.25, 0.3) is 10.9 Å². The lowest BCUT2D eigenvalue weighted by atomic mass is 10.2. The van der Waals surface area contributed by atoms with Crippen LogP contribution in [-0.4, -0.2) is 18.1 Å². The molecule has 15 heavy (non-hydrogen) atoms. The molecule has 0 saturated heterocycles. The summed E-state index contributed by atoms with van der Waals surface area (Å²) in [6.45, 7) is 1.31. The number of fused-ring (bicyclic) bond motifs is 1. The van der Waals surface area contributed by atoms with E-state index in [0.29, 0.717) is 13.2 Å². The van der Waals surface area contributed by atoms with E-state index in [-0.39, 0.29) is 0 Å². The van der Waals surface area contributed by atoms with E-state index >= 15 is 0 Å². The van der Waals surface area contributed by atoms with Crippen molar-refractivity contribution in [3.05, 3.63) is 36.5 Å². The van der Waals surface area contributed by atoms with Crippen molar-refractivity contribution in [3.8, 4) is 5.75 Å². The molecular weight excluding hydrogens is 188 g/mol. The number of ether oxygens (including phenoxy) is 1. The van der Waals surface area contributed by atoms with Gasteiger partial charge in [-0.15, -0.1) is 0 Å². The summed E-state index contributed by atoms with van der Waals surface area (Å²) in [5.74, 6) is 0.883. The summed E-state index contributed by atoms with van der Waals surface area (Å²) in [5.41, 5.74) is 6.37. The second-order valence-corrected chi connectivity index (χ2v) is 3.32. The van der Waals surface area contributed by atoms with Gasteiger partial charge in [-0.25, -0.2) is 0 Å². The van der Waals surface area contributed by atoms with Crippen LogP contribution in [0.3, 0.4) is 0 Å². The van der Waals surface area contributed by atoms with Gasteiger partial charge in [-0.2, -0.15) is 0 Å². The molecule has 0 unspecified atom stereocenters. The zero-order valence-electron chi connectivity index (χ0n) is 8.52. The van der Waals surface area contributed by atoms with Gasteiger partial charge in [0.15, 0.2) is 0 Å². The Kier molecular flexibility index (Phi) is 3.15. The lowest BCUT2D eigenvalue weighted by Gasteiger charge is -2.07. The van der Waals surface area contributed by atoms with Crippen molar-refractivity contribution in [1.29, 1.82) is 0 Å². The molecule has 78 valence electrons. The van der Waals surface area contributed by atoms with Gasteiger partial charge in [0.1, 0.15) is 5.75 Å². The van der Waals surface area contributed by atoms with Gasteiger partial charge in [-0.3, -0.25) is 4.98 Å². The van der Waals surface area contributed by atoms with E-state index in [1.807, 2.05) is 30.3 Å². The number of nitrogens with two attached hydrogens (primary N) is 1. The highest BCUT2D eigenvalue weighted by molar-refractivity contribution is 5.84. The van der Waals surface area contributed by atoms with Crippen LogP contribution in [0.4, 0.5) is 0 Å². The molecule has 3 nitrogen and oxygen atoms in total. The first kappa shape index (κ1) is 9.93. The molecule has 0 aliphatic carbocycles. The summed E-state index contributed by atoms with van der Waals surface area (Å²) in [7, 11) is 0. The number of hydrogen-bond donors (Lipinski definition) is 1. The van der Waals surface area contributed by atoms with Crippen molar-refractivity contribution in [2.75, 3.05) is 13.2 Å². The number of rotatable bonds is 4. The normalized spacial score (nSPS) is 10.5. The first-order valence-electron chi connectivity index (χ1n) is 5.08. The molecule has 1 heterocycles. The fraction of sp³-hybridized carbons (Fsp3) is 0.250. The standard InChI is InChI=1S/C12H14N2O/c13-7-3-9-15-12-6-1-5-11-10(12)4-2-8-14-11/h1-2,4-6,8H,3,7,9,13H2. The highest BCUT2D eigenvalue weighted by Gasteiger charge is 2.00. The second-order valence-electron chi connectivity index (χ2n) is 3.32. The number of hydrogen-bond acceptors (Lipinski definition) is 3. The van der Waals surface area contributed by atoms with Crippen molar-refractivity contribution >= 4 is 10.9 Å². The van der Waals surface area contributed by atoms with E-state index in [0.717, 1.165) is 23.1 Å². The average Bonchev–Trinajstić information content (AvgIpc) is 2.30. The third-order valence-electron chi connectivity index (χ3n) is 2.21. The molecule has 0 aliphatic heterocycles. The van der Waals surface area contributed by atoms with Gasteiger partial charge in [-0.05, 0) is 37.2 Å². The maximum absolute atomic E-state index is 5.64. The maximum atomic E-state index is 5.64. The van der Waals surface area contributed by atoms with E-state index < -0.39 is 0 Å². The van der Waals surface area contributed by atoms with E-state index in [2.05, 4.69) is 4.98 Å². The summed E-state index contributed by atoms with van der Waals surface area (Å²) in [4.78, 5) is 4.27. The van der Waals surface area contributed by atoms with Crippen molar-refractivity contribution in [3.63, 3.8) is 0 Å². The summed E-state index contributed by atoms with van der Waals surface area (Å²) in [6, 6.07) is 9.82. The van der Waals surface area contributed by atoms with Crippen molar-refractivity contribution in [1.82, 2.24) is 4.98 Å². The van der Waals surface area contributed by atoms with E-state index in [1.54, 1.807) is 6.20 Å². The topological polar surface area (TPSA) is 48.1 Å². The van der Waals surface area contributed by atoms with Crippen LogP contribution in [0.1, 0.15) is 6.42 Å². The van der Waals surface area contributed by atoms with E-state index in [1.165, 1.54) is 0 Å². The van der Waals surface area contributed by atoms with Crippen LogP contribution in [0.5, 0.6) is 5.75 Å². The van der Waals surface area contributed by atoms with Crippen molar-refractivity contribution in [2.45, 2.75) is 6.42 Å². The Hall–Kier alpha value is -1.61. The largest absolute Gasteiger partial charge is 0.493 e. The molecule has 0 amide bonds. The van der Waals surface area contributed by atoms with Gasteiger partial charge in [0.25, 0.3) is 0 Å². The zero-order chi connectivity index (χ0) is 10.5. The quantitative estimate of drug-likeness (QED) is 0.771. The first-order valence-corrected chi connectivity index (χ1v) is 5.08. The highest BCUT2D eigenvalue weighted by Crippen LogP contribution is 2.23. The third kappa shape index (κ3) is 2.25. The predicted molar refractivity (Wildman–Crippen MR) is 60.9 cm³/mol. The number of benzene rings is 1. The SMILES string of the molecule is NCCCOc1cccc2ncccc12. The second kappa shape index (κ2) is 4.75. The lowest BCUT2D eigenvalue weighted by molar-refractivity contribution is 0.317. The third-order valence-corrected chi connectivity index (χ3v) is 2.21. The predicted octanol–water partition coefficient (Wildman–Crippen LogP) is 1.96. The molecule has 2 N–H and O–H groups in total. The Bertz CT molecular complexity index is 437. The van der Waals surface area contributed by atoms with E-state index in [4.69, 9.17) is 10.5 Å². The Labute approximate surface area is 88.9 Å².